The molecule has 8 nitrogen and oxygen atoms in total. The normalized spacial score (nSPS) is 10.8. The van der Waals surface area contributed by atoms with E-state index in [9.17, 15) is 30.0 Å². The molecule has 0 saturated heterocycles. The molecule has 0 amide bonds. The highest BCUT2D eigenvalue weighted by Gasteiger charge is 2.08. The van der Waals surface area contributed by atoms with Gasteiger partial charge in [-0.2, -0.15) is 0 Å². The number of hydrogen-bond donors (Lipinski definition) is 4. The van der Waals surface area contributed by atoms with Crippen molar-refractivity contribution in [3.8, 4) is 34.5 Å². The summed E-state index contributed by atoms with van der Waals surface area (Å²) in [7, 11) is 0. The Bertz CT molecular complexity index is 854. The number of rotatable bonds is 18. The molecule has 204 valence electrons. The van der Waals surface area contributed by atoms with Gasteiger partial charge in [-0.1, -0.05) is 70.6 Å². The monoisotopic (exact) mass is 516 g/mol. The second kappa shape index (κ2) is 17.1. The molecule has 4 N–H and O–H groups in total. The Morgan fingerprint density at radius 1 is 0.432 bits per heavy atom. The van der Waals surface area contributed by atoms with Crippen LogP contribution in [0.25, 0.3) is 0 Å². The van der Waals surface area contributed by atoms with Gasteiger partial charge in [-0.15, -0.1) is 0 Å². The summed E-state index contributed by atoms with van der Waals surface area (Å²) in [6.45, 7) is 0. The fourth-order valence-electron chi connectivity index (χ4n) is 4.10. The van der Waals surface area contributed by atoms with Crippen molar-refractivity contribution >= 4 is 11.9 Å². The Morgan fingerprint density at radius 2 is 0.676 bits per heavy atom. The fourth-order valence-corrected chi connectivity index (χ4v) is 4.10. The number of hydrogen-bond acceptors (Lipinski definition) is 8. The van der Waals surface area contributed by atoms with Crippen molar-refractivity contribution in [2.75, 3.05) is 0 Å². The minimum Gasteiger partial charge on any atom is -0.508 e. The first-order chi connectivity index (χ1) is 17.8. The van der Waals surface area contributed by atoms with Gasteiger partial charge >= 0.3 is 11.9 Å². The first kappa shape index (κ1) is 29.8. The Balaban J connectivity index is 1.34. The number of carbonyl (C=O) groups excluding carboxylic acids is 2. The number of ether oxygens (including phenoxy) is 2. The van der Waals surface area contributed by atoms with Crippen LogP contribution in [0.5, 0.6) is 34.5 Å². The fraction of sp³-hybridized carbons (Fsp3) is 0.517. The van der Waals surface area contributed by atoms with Gasteiger partial charge in [-0.25, -0.2) is 0 Å². The van der Waals surface area contributed by atoms with Gasteiger partial charge in [0.05, 0.1) is 0 Å². The van der Waals surface area contributed by atoms with Crippen molar-refractivity contribution in [1.29, 1.82) is 0 Å². The first-order valence-electron chi connectivity index (χ1n) is 13.3. The minimum atomic E-state index is -0.362. The van der Waals surface area contributed by atoms with E-state index >= 15 is 0 Å². The van der Waals surface area contributed by atoms with E-state index in [1.165, 1.54) is 68.5 Å². The molecule has 0 unspecified atom stereocenters. The van der Waals surface area contributed by atoms with Crippen LogP contribution in [-0.2, 0) is 9.59 Å². The molecule has 2 aromatic carbocycles. The number of phenols is 4. The zero-order chi connectivity index (χ0) is 26.9. The van der Waals surface area contributed by atoms with E-state index in [0.717, 1.165) is 51.4 Å². The highest BCUT2D eigenvalue weighted by Crippen LogP contribution is 2.27. The Labute approximate surface area is 218 Å². The molecular formula is C29H40O8. The van der Waals surface area contributed by atoms with Crippen molar-refractivity contribution in [1.82, 2.24) is 0 Å². The smallest absolute Gasteiger partial charge is 0.311 e. The lowest BCUT2D eigenvalue weighted by molar-refractivity contribution is -0.135. The number of phenolic OH excluding ortho intramolecular Hbond substituents is 4. The largest absolute Gasteiger partial charge is 0.508 e. The van der Waals surface area contributed by atoms with E-state index in [1.54, 1.807) is 0 Å². The molecule has 0 aromatic heterocycles. The highest BCUT2D eigenvalue weighted by atomic mass is 16.5. The van der Waals surface area contributed by atoms with Gasteiger partial charge in [0.25, 0.3) is 0 Å². The molecule has 0 bridgehead atoms. The molecule has 0 saturated carbocycles. The summed E-state index contributed by atoms with van der Waals surface area (Å²) in [4.78, 5) is 23.7. The maximum absolute atomic E-state index is 11.9. The molecule has 0 fully saturated rings. The zero-order valence-electron chi connectivity index (χ0n) is 21.5. The third kappa shape index (κ3) is 14.0. The second-order valence-corrected chi connectivity index (χ2v) is 9.41. The third-order valence-electron chi connectivity index (χ3n) is 5.98. The van der Waals surface area contributed by atoms with Crippen molar-refractivity contribution in [2.24, 2.45) is 0 Å². The van der Waals surface area contributed by atoms with Crippen LogP contribution in [0.2, 0.25) is 0 Å². The van der Waals surface area contributed by atoms with Crippen LogP contribution in [0.3, 0.4) is 0 Å². The summed E-state index contributed by atoms with van der Waals surface area (Å²) in [5, 5.41) is 37.6. The highest BCUT2D eigenvalue weighted by molar-refractivity contribution is 5.73. The summed E-state index contributed by atoms with van der Waals surface area (Å²) < 4.78 is 10.3. The van der Waals surface area contributed by atoms with Crippen LogP contribution in [0.4, 0.5) is 0 Å². The molecule has 8 heteroatoms. The van der Waals surface area contributed by atoms with Gasteiger partial charge in [-0.3, -0.25) is 9.59 Å². The van der Waals surface area contributed by atoms with E-state index < -0.39 is 0 Å². The molecule has 2 aromatic rings. The number of aromatic hydroxyl groups is 4. The zero-order valence-corrected chi connectivity index (χ0v) is 21.5. The number of benzene rings is 2. The predicted molar refractivity (Wildman–Crippen MR) is 140 cm³/mol. The first-order valence-corrected chi connectivity index (χ1v) is 13.3. The molecule has 0 heterocycles. The summed E-state index contributed by atoms with van der Waals surface area (Å²) in [5.74, 6) is -1.00. The van der Waals surface area contributed by atoms with Gasteiger partial charge < -0.3 is 29.9 Å². The maximum atomic E-state index is 11.9. The number of unbranched alkanes of at least 4 members (excludes halogenated alkanes) is 12. The van der Waals surface area contributed by atoms with Crippen molar-refractivity contribution in [3.05, 3.63) is 36.4 Å². The van der Waals surface area contributed by atoms with E-state index in [-0.39, 0.29) is 46.4 Å². The van der Waals surface area contributed by atoms with Crippen LogP contribution in [0, 0.1) is 0 Å². The van der Waals surface area contributed by atoms with Crippen LogP contribution in [0.15, 0.2) is 36.4 Å². The molecule has 0 aliphatic rings. The SMILES string of the molecule is O=C(CCCCCCCCCCCCCCCC(=O)Oc1cc(O)cc(O)c1)Oc1cc(O)cc(O)c1. The van der Waals surface area contributed by atoms with E-state index in [2.05, 4.69) is 0 Å². The van der Waals surface area contributed by atoms with Crippen molar-refractivity contribution in [2.45, 2.75) is 96.3 Å². The molecule has 0 spiro atoms. The Kier molecular flexibility index (Phi) is 13.8. The molecule has 0 aliphatic carbocycles. The van der Waals surface area contributed by atoms with Crippen LogP contribution >= 0.6 is 0 Å². The summed E-state index contributed by atoms with van der Waals surface area (Å²) in [6.07, 6.45) is 14.7. The lowest BCUT2D eigenvalue weighted by Gasteiger charge is -2.06. The molecule has 2 rings (SSSR count). The van der Waals surface area contributed by atoms with Crippen molar-refractivity contribution < 1.29 is 39.5 Å². The third-order valence-corrected chi connectivity index (χ3v) is 5.98. The van der Waals surface area contributed by atoms with Gasteiger partial charge in [0.1, 0.15) is 34.5 Å². The minimum absolute atomic E-state index is 0.145. The van der Waals surface area contributed by atoms with E-state index in [1.807, 2.05) is 0 Å². The Hall–Kier alpha value is -3.42. The second-order valence-electron chi connectivity index (χ2n) is 9.41. The van der Waals surface area contributed by atoms with Crippen LogP contribution in [0.1, 0.15) is 96.3 Å². The summed E-state index contributed by atoms with van der Waals surface area (Å²) in [5.41, 5.74) is 0. The molecule has 0 aliphatic heterocycles. The van der Waals surface area contributed by atoms with Crippen molar-refractivity contribution in [3.63, 3.8) is 0 Å². The van der Waals surface area contributed by atoms with Crippen LogP contribution in [-0.4, -0.2) is 32.4 Å². The maximum Gasteiger partial charge on any atom is 0.311 e. The topological polar surface area (TPSA) is 134 Å². The Morgan fingerprint density at radius 3 is 0.946 bits per heavy atom. The molecule has 0 radical (unpaired) electrons. The average Bonchev–Trinajstić information content (AvgIpc) is 2.80. The molecular weight excluding hydrogens is 476 g/mol. The molecule has 37 heavy (non-hydrogen) atoms. The number of carbonyl (C=O) groups is 2. The van der Waals surface area contributed by atoms with E-state index in [0.29, 0.717) is 12.8 Å². The molecule has 0 atom stereocenters. The summed E-state index contributed by atoms with van der Waals surface area (Å²) >= 11 is 0. The van der Waals surface area contributed by atoms with Gasteiger partial charge in [0, 0.05) is 49.2 Å². The lowest BCUT2D eigenvalue weighted by Crippen LogP contribution is -2.07. The van der Waals surface area contributed by atoms with Gasteiger partial charge in [0.2, 0.25) is 0 Å². The lowest BCUT2D eigenvalue weighted by atomic mass is 10.0. The van der Waals surface area contributed by atoms with Gasteiger partial charge in [0.15, 0.2) is 0 Å². The van der Waals surface area contributed by atoms with Gasteiger partial charge in [-0.05, 0) is 12.8 Å². The van der Waals surface area contributed by atoms with Crippen LogP contribution < -0.4 is 9.47 Å². The summed E-state index contributed by atoms with van der Waals surface area (Å²) in [6, 6.07) is 7.55. The quantitative estimate of drug-likeness (QED) is 0.0958. The average molecular weight is 517 g/mol. The number of esters is 2. The van der Waals surface area contributed by atoms with E-state index in [4.69, 9.17) is 9.47 Å². The predicted octanol–water partition coefficient (Wildman–Crippen LogP) is 6.87. The standard InChI is InChI=1S/C29H40O8/c30-22-16-23(31)19-26(18-22)36-28(34)14-12-10-8-6-4-2-1-3-5-7-9-11-13-15-29(35)37-27-20-24(32)17-25(33)21-27/h16-21,30-33H,1-15H2.